The van der Waals surface area contributed by atoms with Crippen LogP contribution in [-0.4, -0.2) is 29.5 Å². The van der Waals surface area contributed by atoms with Crippen molar-refractivity contribution in [3.8, 4) is 5.75 Å². The van der Waals surface area contributed by atoms with Crippen LogP contribution in [0.5, 0.6) is 5.75 Å². The van der Waals surface area contributed by atoms with Gasteiger partial charge in [-0.15, -0.1) is 0 Å². The maximum Gasteiger partial charge on any atom is 0.270 e. The molecule has 0 aliphatic rings. The van der Waals surface area contributed by atoms with E-state index in [9.17, 15) is 23.6 Å². The zero-order chi connectivity index (χ0) is 19.1. The topological polar surface area (TPSA) is 112 Å². The first-order valence-corrected chi connectivity index (χ1v) is 9.51. The Bertz CT molecular complexity index is 1120. The lowest BCUT2D eigenvalue weighted by Gasteiger charge is -2.10. The second-order valence-corrected chi connectivity index (χ2v) is 8.01. The molecule has 0 saturated carbocycles. The molecule has 1 heterocycles. The molecule has 1 N–H and O–H groups in total. The van der Waals surface area contributed by atoms with E-state index < -0.39 is 21.6 Å². The Morgan fingerprint density at radius 3 is 2.58 bits per heavy atom. The number of halogens is 1. The number of rotatable bonds is 5. The van der Waals surface area contributed by atoms with Gasteiger partial charge in [0.05, 0.1) is 24.2 Å². The Morgan fingerprint density at radius 2 is 2.00 bits per heavy atom. The fourth-order valence-corrected chi connectivity index (χ4v) is 5.03. The molecule has 0 radical (unpaired) electrons. The van der Waals surface area contributed by atoms with Gasteiger partial charge < -0.3 is 9.84 Å². The predicted molar refractivity (Wildman–Crippen MR) is 97.8 cm³/mol. The SMILES string of the molecule is COc1ccc(S(=O)(=O)n2cc(CO)c3cc([N+](=O)[O-])ccc32)c(Br)c1. The summed E-state index contributed by atoms with van der Waals surface area (Å²) in [6.45, 7) is -0.454. The normalized spacial score (nSPS) is 11.7. The summed E-state index contributed by atoms with van der Waals surface area (Å²) < 4.78 is 32.6. The number of nitro benzene ring substituents is 1. The molecule has 1 aromatic heterocycles. The maximum atomic E-state index is 13.1. The lowest BCUT2D eigenvalue weighted by Crippen LogP contribution is -2.12. The number of aromatic nitrogens is 1. The van der Waals surface area contributed by atoms with Crippen LogP contribution in [0.4, 0.5) is 5.69 Å². The molecule has 0 amide bonds. The largest absolute Gasteiger partial charge is 0.497 e. The Hall–Kier alpha value is -2.43. The third-order valence-electron chi connectivity index (χ3n) is 3.89. The minimum absolute atomic E-state index is 0.00181. The summed E-state index contributed by atoms with van der Waals surface area (Å²) in [6, 6.07) is 8.25. The molecule has 3 aromatic rings. The number of ether oxygens (including phenoxy) is 1. The second-order valence-electron chi connectivity index (χ2n) is 5.37. The van der Waals surface area contributed by atoms with Crippen molar-refractivity contribution in [2.24, 2.45) is 0 Å². The predicted octanol–water partition coefficient (Wildman–Crippen LogP) is 3.05. The summed E-state index contributed by atoms with van der Waals surface area (Å²) in [5.41, 5.74) is 0.326. The zero-order valence-corrected chi connectivity index (χ0v) is 15.8. The molecule has 8 nitrogen and oxygen atoms in total. The summed E-state index contributed by atoms with van der Waals surface area (Å²) in [5.74, 6) is 0.486. The van der Waals surface area contributed by atoms with Crippen LogP contribution in [0.3, 0.4) is 0 Å². The van der Waals surface area contributed by atoms with Crippen LogP contribution in [0.1, 0.15) is 5.56 Å². The fourth-order valence-electron chi connectivity index (χ4n) is 2.62. The van der Waals surface area contributed by atoms with Crippen molar-refractivity contribution >= 4 is 42.5 Å². The van der Waals surface area contributed by atoms with Gasteiger partial charge in [-0.05, 0) is 40.2 Å². The number of hydrogen-bond donors (Lipinski definition) is 1. The number of benzene rings is 2. The van der Waals surface area contributed by atoms with Crippen LogP contribution in [0.2, 0.25) is 0 Å². The molecular weight excluding hydrogens is 428 g/mol. The molecule has 0 aliphatic carbocycles. The molecule has 0 fully saturated rings. The molecule has 0 bridgehead atoms. The number of non-ortho nitro benzene ring substituents is 1. The number of methoxy groups -OCH3 is 1. The highest BCUT2D eigenvalue weighted by Crippen LogP contribution is 2.33. The van der Waals surface area contributed by atoms with Crippen molar-refractivity contribution in [2.45, 2.75) is 11.5 Å². The molecule has 0 atom stereocenters. The maximum absolute atomic E-state index is 13.1. The van der Waals surface area contributed by atoms with Gasteiger partial charge in [-0.2, -0.15) is 0 Å². The molecule has 0 saturated heterocycles. The third kappa shape index (κ3) is 2.96. The first-order valence-electron chi connectivity index (χ1n) is 7.28. The fraction of sp³-hybridized carbons (Fsp3) is 0.125. The molecule has 0 spiro atoms. The van der Waals surface area contributed by atoms with E-state index in [1.165, 1.54) is 49.7 Å². The second kappa shape index (κ2) is 6.71. The summed E-state index contributed by atoms with van der Waals surface area (Å²) in [7, 11) is -2.54. The Labute approximate surface area is 157 Å². The van der Waals surface area contributed by atoms with E-state index in [2.05, 4.69) is 15.9 Å². The average molecular weight is 441 g/mol. The van der Waals surface area contributed by atoms with E-state index in [-0.39, 0.29) is 21.7 Å². The van der Waals surface area contributed by atoms with E-state index in [0.717, 1.165) is 3.97 Å². The molecule has 3 rings (SSSR count). The highest BCUT2D eigenvalue weighted by molar-refractivity contribution is 9.10. The minimum atomic E-state index is -4.01. The number of nitrogens with zero attached hydrogens (tertiary/aromatic N) is 2. The van der Waals surface area contributed by atoms with Crippen LogP contribution < -0.4 is 4.74 Å². The van der Waals surface area contributed by atoms with Gasteiger partial charge in [0, 0.05) is 33.8 Å². The first-order chi connectivity index (χ1) is 12.3. The standard InChI is InChI=1S/C16H13BrN2O6S/c1-25-12-3-5-16(14(17)7-12)26(23,24)18-8-10(9-20)13-6-11(19(21)22)2-4-15(13)18/h2-8,20H,9H2,1H3. The summed E-state index contributed by atoms with van der Waals surface area (Å²) in [4.78, 5) is 10.4. The Balaban J connectivity index is 2.25. The van der Waals surface area contributed by atoms with Crippen LogP contribution in [0.25, 0.3) is 10.9 Å². The highest BCUT2D eigenvalue weighted by Gasteiger charge is 2.24. The van der Waals surface area contributed by atoms with Gasteiger partial charge in [0.2, 0.25) is 0 Å². The third-order valence-corrected chi connectivity index (χ3v) is 6.54. The van der Waals surface area contributed by atoms with E-state index >= 15 is 0 Å². The average Bonchev–Trinajstić information content (AvgIpc) is 2.99. The highest BCUT2D eigenvalue weighted by atomic mass is 79.9. The molecule has 0 aliphatic heterocycles. The van der Waals surface area contributed by atoms with Crippen molar-refractivity contribution in [3.63, 3.8) is 0 Å². The van der Waals surface area contributed by atoms with Crippen LogP contribution in [-0.2, 0) is 16.6 Å². The van der Waals surface area contributed by atoms with Gasteiger partial charge >= 0.3 is 0 Å². The van der Waals surface area contributed by atoms with Gasteiger partial charge in [0.1, 0.15) is 10.6 Å². The van der Waals surface area contributed by atoms with Crippen LogP contribution in [0.15, 0.2) is 52.0 Å². The smallest absolute Gasteiger partial charge is 0.270 e. The number of fused-ring (bicyclic) bond motifs is 1. The summed E-state index contributed by atoms with van der Waals surface area (Å²) in [6.07, 6.45) is 1.26. The monoisotopic (exact) mass is 440 g/mol. The van der Waals surface area contributed by atoms with E-state index in [0.29, 0.717) is 15.6 Å². The number of hydrogen-bond acceptors (Lipinski definition) is 6. The van der Waals surface area contributed by atoms with E-state index in [1.54, 1.807) is 0 Å². The lowest BCUT2D eigenvalue weighted by atomic mass is 10.1. The minimum Gasteiger partial charge on any atom is -0.497 e. The first kappa shape index (κ1) is 18.4. The van der Waals surface area contributed by atoms with Crippen molar-refractivity contribution in [1.82, 2.24) is 3.97 Å². The number of nitro groups is 1. The van der Waals surface area contributed by atoms with Crippen LogP contribution in [0, 0.1) is 10.1 Å². The molecule has 2 aromatic carbocycles. The van der Waals surface area contributed by atoms with Crippen molar-refractivity contribution in [1.29, 1.82) is 0 Å². The van der Waals surface area contributed by atoms with E-state index in [4.69, 9.17) is 4.74 Å². The lowest BCUT2D eigenvalue weighted by molar-refractivity contribution is -0.384. The molecule has 26 heavy (non-hydrogen) atoms. The quantitative estimate of drug-likeness (QED) is 0.481. The Kier molecular flexibility index (Phi) is 4.74. The molecule has 0 unspecified atom stereocenters. The molecule has 10 heteroatoms. The van der Waals surface area contributed by atoms with Gasteiger partial charge in [0.25, 0.3) is 15.7 Å². The van der Waals surface area contributed by atoms with Crippen LogP contribution >= 0.6 is 15.9 Å². The summed E-state index contributed by atoms with van der Waals surface area (Å²) >= 11 is 3.23. The summed E-state index contributed by atoms with van der Waals surface area (Å²) in [5, 5.41) is 20.8. The van der Waals surface area contributed by atoms with Crippen molar-refractivity contribution < 1.29 is 23.2 Å². The Morgan fingerprint density at radius 1 is 1.27 bits per heavy atom. The molecule has 136 valence electrons. The van der Waals surface area contributed by atoms with Gasteiger partial charge in [-0.3, -0.25) is 10.1 Å². The van der Waals surface area contributed by atoms with Gasteiger partial charge in [-0.1, -0.05) is 0 Å². The van der Waals surface area contributed by atoms with Gasteiger partial charge in [0.15, 0.2) is 0 Å². The number of aliphatic hydroxyl groups excluding tert-OH is 1. The van der Waals surface area contributed by atoms with Crippen molar-refractivity contribution in [2.75, 3.05) is 7.11 Å². The molecular formula is C16H13BrN2O6S. The van der Waals surface area contributed by atoms with E-state index in [1.807, 2.05) is 0 Å². The van der Waals surface area contributed by atoms with Gasteiger partial charge in [-0.25, -0.2) is 12.4 Å². The van der Waals surface area contributed by atoms with Crippen molar-refractivity contribution in [3.05, 3.63) is 62.7 Å². The number of aliphatic hydroxyl groups is 1. The zero-order valence-electron chi connectivity index (χ0n) is 13.4.